The number of aryl methyl sites for hydroxylation is 2. The Bertz CT molecular complexity index is 1040. The lowest BCUT2D eigenvalue weighted by Gasteiger charge is -2.16. The maximum absolute atomic E-state index is 12.2. The van der Waals surface area contributed by atoms with Gasteiger partial charge in [0.15, 0.2) is 5.16 Å². The molecule has 4 rings (SSSR count). The smallest absolute Gasteiger partial charge is 0.255 e. The number of amides is 1. The molecule has 0 bridgehead atoms. The lowest BCUT2D eigenvalue weighted by Crippen LogP contribution is -2.25. The molecule has 1 aliphatic rings. The number of aromatic amines is 1. The second kappa shape index (κ2) is 7.56. The third-order valence-corrected chi connectivity index (χ3v) is 5.71. The fraction of sp³-hybridized carbons (Fsp3) is 0.368. The molecule has 0 unspecified atom stereocenters. The number of carbonyl (C=O) groups excluding carboxylic acids is 1. The number of aromatic nitrogens is 4. The van der Waals surface area contributed by atoms with Crippen molar-refractivity contribution < 1.29 is 4.79 Å². The lowest BCUT2D eigenvalue weighted by atomic mass is 9.97. The average Bonchev–Trinajstić information content (AvgIpc) is 3.09. The Balaban J connectivity index is 1.45. The SMILES string of the molecule is Cc1ccc(CNC(=O)CSc2nnc3[nH]c(=O)c4c(n23)CCCC4)cc1. The Hall–Kier alpha value is -2.61. The summed E-state index contributed by atoms with van der Waals surface area (Å²) in [6.45, 7) is 2.54. The van der Waals surface area contributed by atoms with E-state index in [1.54, 1.807) is 0 Å². The fourth-order valence-electron chi connectivity index (χ4n) is 3.33. The van der Waals surface area contributed by atoms with Crippen LogP contribution in [-0.4, -0.2) is 31.2 Å². The molecule has 3 aromatic rings. The Morgan fingerprint density at radius 2 is 2.00 bits per heavy atom. The van der Waals surface area contributed by atoms with Crippen molar-refractivity contribution in [3.05, 3.63) is 57.0 Å². The molecule has 1 aromatic carbocycles. The predicted molar refractivity (Wildman–Crippen MR) is 104 cm³/mol. The molecule has 8 heteroatoms. The molecule has 0 aliphatic heterocycles. The summed E-state index contributed by atoms with van der Waals surface area (Å²) in [7, 11) is 0. The molecule has 7 nitrogen and oxygen atoms in total. The minimum atomic E-state index is -0.0722. The number of rotatable bonds is 5. The van der Waals surface area contributed by atoms with Crippen LogP contribution in [0.3, 0.4) is 0 Å². The van der Waals surface area contributed by atoms with E-state index in [1.807, 2.05) is 35.6 Å². The van der Waals surface area contributed by atoms with Gasteiger partial charge in [0.1, 0.15) is 0 Å². The van der Waals surface area contributed by atoms with Crippen molar-refractivity contribution in [1.29, 1.82) is 0 Å². The van der Waals surface area contributed by atoms with E-state index in [0.29, 0.717) is 17.5 Å². The number of fused-ring (bicyclic) bond motifs is 3. The zero-order valence-electron chi connectivity index (χ0n) is 15.1. The van der Waals surface area contributed by atoms with Crippen molar-refractivity contribution >= 4 is 23.4 Å². The quantitative estimate of drug-likeness (QED) is 0.658. The molecular formula is C19H21N5O2S. The highest BCUT2D eigenvalue weighted by Crippen LogP contribution is 2.23. The van der Waals surface area contributed by atoms with Crippen molar-refractivity contribution in [1.82, 2.24) is 24.9 Å². The van der Waals surface area contributed by atoms with Crippen LogP contribution >= 0.6 is 11.8 Å². The molecule has 0 radical (unpaired) electrons. The monoisotopic (exact) mass is 383 g/mol. The first-order valence-electron chi connectivity index (χ1n) is 9.06. The summed E-state index contributed by atoms with van der Waals surface area (Å²) in [5.74, 6) is 0.638. The van der Waals surface area contributed by atoms with E-state index in [0.717, 1.165) is 42.5 Å². The highest BCUT2D eigenvalue weighted by Gasteiger charge is 2.20. The van der Waals surface area contributed by atoms with E-state index >= 15 is 0 Å². The third kappa shape index (κ3) is 3.75. The first-order valence-corrected chi connectivity index (χ1v) is 10.0. The Kier molecular flexibility index (Phi) is 4.98. The predicted octanol–water partition coefficient (Wildman–Crippen LogP) is 2.01. The van der Waals surface area contributed by atoms with Gasteiger partial charge in [-0.3, -0.25) is 19.0 Å². The molecule has 1 amide bonds. The van der Waals surface area contributed by atoms with Crippen LogP contribution in [0.25, 0.3) is 5.78 Å². The molecule has 0 saturated carbocycles. The largest absolute Gasteiger partial charge is 0.351 e. The van der Waals surface area contributed by atoms with Gasteiger partial charge in [-0.05, 0) is 38.2 Å². The number of carbonyl (C=O) groups is 1. The van der Waals surface area contributed by atoms with Gasteiger partial charge >= 0.3 is 0 Å². The molecule has 0 fully saturated rings. The third-order valence-electron chi connectivity index (χ3n) is 4.78. The fourth-order valence-corrected chi connectivity index (χ4v) is 4.12. The highest BCUT2D eigenvalue weighted by atomic mass is 32.2. The second-order valence-electron chi connectivity index (χ2n) is 6.78. The topological polar surface area (TPSA) is 92.2 Å². The molecule has 0 spiro atoms. The summed E-state index contributed by atoms with van der Waals surface area (Å²) >= 11 is 1.34. The van der Waals surface area contributed by atoms with E-state index in [2.05, 4.69) is 20.5 Å². The maximum atomic E-state index is 12.2. The number of H-pyrrole nitrogens is 1. The van der Waals surface area contributed by atoms with E-state index in [-0.39, 0.29) is 17.2 Å². The number of hydrogen-bond donors (Lipinski definition) is 2. The zero-order chi connectivity index (χ0) is 18.8. The molecule has 2 heterocycles. The molecule has 140 valence electrons. The number of hydrogen-bond acceptors (Lipinski definition) is 5. The summed E-state index contributed by atoms with van der Waals surface area (Å²) in [6, 6.07) is 8.08. The minimum Gasteiger partial charge on any atom is -0.351 e. The summed E-state index contributed by atoms with van der Waals surface area (Å²) in [5.41, 5.74) is 3.99. The van der Waals surface area contributed by atoms with Gasteiger partial charge in [0.05, 0.1) is 5.75 Å². The van der Waals surface area contributed by atoms with Crippen molar-refractivity contribution in [2.24, 2.45) is 0 Å². The standard InChI is InChI=1S/C19H21N5O2S/c1-12-6-8-13(9-7-12)10-20-16(25)11-27-19-23-22-18-21-17(26)14-4-2-3-5-15(14)24(18)19/h6-9H,2-5,10-11H2,1H3,(H,20,25)(H,21,22,26). The Labute approximate surface area is 160 Å². The average molecular weight is 383 g/mol. The summed E-state index contributed by atoms with van der Waals surface area (Å²) in [4.78, 5) is 27.2. The van der Waals surface area contributed by atoms with Gasteiger partial charge in [0, 0.05) is 17.8 Å². The molecule has 27 heavy (non-hydrogen) atoms. The summed E-state index contributed by atoms with van der Waals surface area (Å²) in [5, 5.41) is 11.8. The van der Waals surface area contributed by atoms with Crippen molar-refractivity contribution in [3.63, 3.8) is 0 Å². The van der Waals surface area contributed by atoms with Gasteiger partial charge < -0.3 is 5.32 Å². The van der Waals surface area contributed by atoms with Gasteiger partial charge in [0.25, 0.3) is 5.56 Å². The van der Waals surface area contributed by atoms with E-state index < -0.39 is 0 Å². The van der Waals surface area contributed by atoms with E-state index in [9.17, 15) is 9.59 Å². The van der Waals surface area contributed by atoms with Gasteiger partial charge in [-0.15, -0.1) is 10.2 Å². The van der Waals surface area contributed by atoms with E-state index in [4.69, 9.17) is 0 Å². The van der Waals surface area contributed by atoms with Gasteiger partial charge in [-0.2, -0.15) is 0 Å². The first-order chi connectivity index (χ1) is 13.1. The van der Waals surface area contributed by atoms with Crippen LogP contribution in [0.1, 0.15) is 35.2 Å². The van der Waals surface area contributed by atoms with Crippen LogP contribution in [0.2, 0.25) is 0 Å². The lowest BCUT2D eigenvalue weighted by molar-refractivity contribution is -0.118. The van der Waals surface area contributed by atoms with Crippen LogP contribution < -0.4 is 10.9 Å². The summed E-state index contributed by atoms with van der Waals surface area (Å²) in [6.07, 6.45) is 3.68. The van der Waals surface area contributed by atoms with Crippen LogP contribution in [0.5, 0.6) is 0 Å². The summed E-state index contributed by atoms with van der Waals surface area (Å²) < 4.78 is 1.90. The second-order valence-corrected chi connectivity index (χ2v) is 7.72. The molecular weight excluding hydrogens is 362 g/mol. The maximum Gasteiger partial charge on any atom is 0.255 e. The molecule has 0 saturated heterocycles. The molecule has 0 atom stereocenters. The molecule has 2 N–H and O–H groups in total. The number of benzene rings is 1. The normalized spacial score (nSPS) is 13.5. The number of thioether (sulfide) groups is 1. The highest BCUT2D eigenvalue weighted by molar-refractivity contribution is 7.99. The number of nitrogens with zero attached hydrogens (tertiary/aromatic N) is 3. The van der Waals surface area contributed by atoms with Crippen molar-refractivity contribution in [3.8, 4) is 0 Å². The molecule has 2 aromatic heterocycles. The van der Waals surface area contributed by atoms with Gasteiger partial charge in [0.2, 0.25) is 11.7 Å². The first kappa shape index (κ1) is 17.8. The Morgan fingerprint density at radius 3 is 2.81 bits per heavy atom. The van der Waals surface area contributed by atoms with Gasteiger partial charge in [-0.25, -0.2) is 0 Å². The Morgan fingerprint density at radius 1 is 1.22 bits per heavy atom. The number of nitrogens with one attached hydrogen (secondary N) is 2. The van der Waals surface area contributed by atoms with Crippen molar-refractivity contribution in [2.75, 3.05) is 5.75 Å². The van der Waals surface area contributed by atoms with Crippen LogP contribution in [0.15, 0.2) is 34.2 Å². The van der Waals surface area contributed by atoms with Crippen LogP contribution in [0.4, 0.5) is 0 Å². The van der Waals surface area contributed by atoms with Crippen LogP contribution in [-0.2, 0) is 24.2 Å². The van der Waals surface area contributed by atoms with Crippen LogP contribution in [0, 0.1) is 6.92 Å². The van der Waals surface area contributed by atoms with E-state index in [1.165, 1.54) is 17.3 Å². The van der Waals surface area contributed by atoms with Gasteiger partial charge in [-0.1, -0.05) is 41.6 Å². The zero-order valence-corrected chi connectivity index (χ0v) is 15.9. The van der Waals surface area contributed by atoms with Crippen molar-refractivity contribution in [2.45, 2.75) is 44.3 Å². The molecule has 1 aliphatic carbocycles. The minimum absolute atomic E-state index is 0.0596.